The number of rotatable bonds is 0. The van der Waals surface area contributed by atoms with Crippen LogP contribution < -0.4 is 0 Å². The number of ketones is 1. The molecule has 3 aliphatic carbocycles. The van der Waals surface area contributed by atoms with Crippen molar-refractivity contribution in [3.05, 3.63) is 0 Å². The van der Waals surface area contributed by atoms with E-state index in [-0.39, 0.29) is 22.3 Å². The first-order chi connectivity index (χ1) is 7.80. The smallest absolute Gasteiger partial charge is 0.139 e. The molecule has 0 aromatic heterocycles. The van der Waals surface area contributed by atoms with E-state index in [1.165, 1.54) is 0 Å². The number of Topliss-reactive ketones (excluding diaryl/α,β-unsaturated/α-hetero) is 1. The third kappa shape index (κ3) is 1.34. The third-order valence-electron chi connectivity index (χ3n) is 6.17. The number of carbonyl (C=O) groups excluding carboxylic acids is 1. The summed E-state index contributed by atoms with van der Waals surface area (Å²) in [5.74, 6) is 1.05. The summed E-state index contributed by atoms with van der Waals surface area (Å²) in [7, 11) is 0. The van der Waals surface area contributed by atoms with Gasteiger partial charge in [0.2, 0.25) is 0 Å². The molecule has 3 saturated carbocycles. The molecule has 4 atom stereocenters. The lowest BCUT2D eigenvalue weighted by Crippen LogP contribution is -2.53. The van der Waals surface area contributed by atoms with Gasteiger partial charge in [-0.05, 0) is 48.9 Å². The van der Waals surface area contributed by atoms with Gasteiger partial charge in [0.25, 0.3) is 0 Å². The van der Waals surface area contributed by atoms with Crippen molar-refractivity contribution < 1.29 is 9.90 Å². The van der Waals surface area contributed by atoms with Crippen LogP contribution in [0.25, 0.3) is 0 Å². The van der Waals surface area contributed by atoms with Crippen molar-refractivity contribution in [1.82, 2.24) is 0 Å². The maximum absolute atomic E-state index is 12.5. The minimum atomic E-state index is -0.189. The van der Waals surface area contributed by atoms with E-state index in [1.54, 1.807) is 0 Å². The van der Waals surface area contributed by atoms with Crippen molar-refractivity contribution in [2.24, 2.45) is 22.2 Å². The molecule has 2 heteroatoms. The first kappa shape index (κ1) is 11.7. The zero-order chi connectivity index (χ0) is 12.5. The molecule has 0 heterocycles. The summed E-state index contributed by atoms with van der Waals surface area (Å²) in [4.78, 5) is 12.5. The number of aliphatic hydroxyl groups excluding tert-OH is 1. The van der Waals surface area contributed by atoms with Crippen molar-refractivity contribution in [2.45, 2.75) is 65.4 Å². The van der Waals surface area contributed by atoms with Crippen LogP contribution in [0, 0.1) is 22.2 Å². The topological polar surface area (TPSA) is 37.3 Å². The van der Waals surface area contributed by atoms with Gasteiger partial charge < -0.3 is 5.11 Å². The summed E-state index contributed by atoms with van der Waals surface area (Å²) < 4.78 is 0. The highest BCUT2D eigenvalue weighted by molar-refractivity contribution is 5.88. The summed E-state index contributed by atoms with van der Waals surface area (Å²) in [6, 6.07) is 0. The second-order valence-electron chi connectivity index (χ2n) is 7.72. The molecule has 1 spiro atoms. The molecule has 0 aliphatic heterocycles. The number of hydrogen-bond acceptors (Lipinski definition) is 2. The van der Waals surface area contributed by atoms with Crippen molar-refractivity contribution in [2.75, 3.05) is 0 Å². The van der Waals surface area contributed by atoms with E-state index < -0.39 is 0 Å². The van der Waals surface area contributed by atoms with Crippen LogP contribution in [0.3, 0.4) is 0 Å². The standard InChI is InChI=1S/C15H24O2/c1-13(2)8-12(17)15-7-5-11(16)14(3,9-15)6-4-10(13)15/h10-11,16H,4-9H2,1-3H3/t10-,11+,14+,15-/m1/s1. The van der Waals surface area contributed by atoms with Gasteiger partial charge in [-0.15, -0.1) is 0 Å². The lowest BCUT2D eigenvalue weighted by molar-refractivity contribution is -0.148. The molecule has 0 unspecified atom stereocenters. The highest BCUT2D eigenvalue weighted by Gasteiger charge is 2.64. The predicted octanol–water partition coefficient (Wildman–Crippen LogP) is 2.93. The van der Waals surface area contributed by atoms with E-state index in [1.807, 2.05) is 0 Å². The van der Waals surface area contributed by atoms with E-state index in [2.05, 4.69) is 20.8 Å². The number of aliphatic hydroxyl groups is 1. The Morgan fingerprint density at radius 1 is 1.18 bits per heavy atom. The van der Waals surface area contributed by atoms with Crippen molar-refractivity contribution in [3.8, 4) is 0 Å². The first-order valence-electron chi connectivity index (χ1n) is 7.02. The van der Waals surface area contributed by atoms with Gasteiger partial charge >= 0.3 is 0 Å². The molecule has 3 rings (SSSR count). The molecule has 2 nitrogen and oxygen atoms in total. The maximum Gasteiger partial charge on any atom is 0.139 e. The van der Waals surface area contributed by atoms with Gasteiger partial charge in [0, 0.05) is 11.8 Å². The maximum atomic E-state index is 12.5. The van der Waals surface area contributed by atoms with Crippen LogP contribution in [-0.4, -0.2) is 17.0 Å². The predicted molar refractivity (Wildman–Crippen MR) is 66.5 cm³/mol. The van der Waals surface area contributed by atoms with Crippen LogP contribution in [-0.2, 0) is 4.79 Å². The Labute approximate surface area is 104 Å². The minimum Gasteiger partial charge on any atom is -0.393 e. The van der Waals surface area contributed by atoms with E-state index in [9.17, 15) is 9.90 Å². The summed E-state index contributed by atoms with van der Waals surface area (Å²) in [5.41, 5.74) is 0.112. The summed E-state index contributed by atoms with van der Waals surface area (Å²) in [6.07, 6.45) is 5.48. The fourth-order valence-corrected chi connectivity index (χ4v) is 5.26. The van der Waals surface area contributed by atoms with E-state index in [4.69, 9.17) is 0 Å². The Balaban J connectivity index is 2.03. The average molecular weight is 236 g/mol. The SMILES string of the molecule is CC1(C)CC(=O)[C@@]23CC[C@H](O)[C@@](C)(CC[C@H]12)C3. The van der Waals surface area contributed by atoms with Crippen LogP contribution in [0.1, 0.15) is 59.3 Å². The van der Waals surface area contributed by atoms with Crippen LogP contribution >= 0.6 is 0 Å². The fraction of sp³-hybridized carbons (Fsp3) is 0.933. The molecule has 0 aromatic carbocycles. The first-order valence-corrected chi connectivity index (χ1v) is 7.02. The number of hydrogen-bond donors (Lipinski definition) is 1. The number of carbonyl (C=O) groups is 1. The van der Waals surface area contributed by atoms with Crippen LogP contribution in [0.5, 0.6) is 0 Å². The monoisotopic (exact) mass is 236 g/mol. The molecular weight excluding hydrogens is 212 g/mol. The van der Waals surface area contributed by atoms with Crippen molar-refractivity contribution in [1.29, 1.82) is 0 Å². The average Bonchev–Trinajstić information content (AvgIpc) is 2.41. The van der Waals surface area contributed by atoms with Gasteiger partial charge in [0.05, 0.1) is 6.10 Å². The van der Waals surface area contributed by atoms with Crippen LogP contribution in [0.4, 0.5) is 0 Å². The molecule has 0 aromatic rings. The van der Waals surface area contributed by atoms with Gasteiger partial charge in [0.15, 0.2) is 0 Å². The van der Waals surface area contributed by atoms with Crippen molar-refractivity contribution >= 4 is 5.78 Å². The molecule has 2 bridgehead atoms. The molecule has 96 valence electrons. The lowest BCUT2D eigenvalue weighted by Gasteiger charge is -2.55. The Bertz CT molecular complexity index is 373. The lowest BCUT2D eigenvalue weighted by atomic mass is 9.49. The zero-order valence-electron chi connectivity index (χ0n) is 11.3. The molecular formula is C15H24O2. The fourth-order valence-electron chi connectivity index (χ4n) is 5.26. The highest BCUT2D eigenvalue weighted by Crippen LogP contribution is 2.67. The summed E-state index contributed by atoms with van der Waals surface area (Å²) in [5, 5.41) is 10.2. The molecule has 3 aliphatic rings. The van der Waals surface area contributed by atoms with Crippen LogP contribution in [0.2, 0.25) is 0 Å². The molecule has 1 N–H and O–H groups in total. The third-order valence-corrected chi connectivity index (χ3v) is 6.17. The van der Waals surface area contributed by atoms with Gasteiger partial charge in [0.1, 0.15) is 5.78 Å². The highest BCUT2D eigenvalue weighted by atomic mass is 16.3. The summed E-state index contributed by atoms with van der Waals surface area (Å²) >= 11 is 0. The second-order valence-corrected chi connectivity index (χ2v) is 7.72. The molecule has 17 heavy (non-hydrogen) atoms. The Kier molecular flexibility index (Phi) is 2.16. The van der Waals surface area contributed by atoms with Crippen LogP contribution in [0.15, 0.2) is 0 Å². The quantitative estimate of drug-likeness (QED) is 0.702. The zero-order valence-corrected chi connectivity index (χ0v) is 11.3. The summed E-state index contributed by atoms with van der Waals surface area (Å²) in [6.45, 7) is 6.71. The Morgan fingerprint density at radius 2 is 1.88 bits per heavy atom. The normalized spacial score (nSPS) is 52.4. The second kappa shape index (κ2) is 3.14. The van der Waals surface area contributed by atoms with E-state index in [0.717, 1.165) is 38.5 Å². The largest absolute Gasteiger partial charge is 0.393 e. The Hall–Kier alpha value is -0.370. The van der Waals surface area contributed by atoms with E-state index >= 15 is 0 Å². The number of fused-ring (bicyclic) bond motifs is 1. The van der Waals surface area contributed by atoms with Gasteiger partial charge in [-0.1, -0.05) is 20.8 Å². The molecule has 3 fully saturated rings. The van der Waals surface area contributed by atoms with Gasteiger partial charge in [-0.2, -0.15) is 0 Å². The van der Waals surface area contributed by atoms with Gasteiger partial charge in [-0.25, -0.2) is 0 Å². The molecule has 0 amide bonds. The van der Waals surface area contributed by atoms with Crippen molar-refractivity contribution in [3.63, 3.8) is 0 Å². The minimum absolute atomic E-state index is 0.00479. The van der Waals surface area contributed by atoms with E-state index in [0.29, 0.717) is 11.7 Å². The Morgan fingerprint density at radius 3 is 2.59 bits per heavy atom. The van der Waals surface area contributed by atoms with Gasteiger partial charge in [-0.3, -0.25) is 4.79 Å². The molecule has 0 saturated heterocycles. The molecule has 0 radical (unpaired) electrons.